The Morgan fingerprint density at radius 2 is 2.00 bits per heavy atom. The molecule has 0 aliphatic rings. The van der Waals surface area contributed by atoms with Crippen LogP contribution in [-0.4, -0.2) is 34.4 Å². The van der Waals surface area contributed by atoms with Gasteiger partial charge in [0.25, 0.3) is 0 Å². The molecule has 0 aliphatic carbocycles. The van der Waals surface area contributed by atoms with Crippen molar-refractivity contribution in [3.05, 3.63) is 0 Å². The number of amides is 1. The Morgan fingerprint density at radius 1 is 1.42 bits per heavy atom. The van der Waals surface area contributed by atoms with E-state index in [1.807, 2.05) is 18.7 Å². The van der Waals surface area contributed by atoms with E-state index in [1.165, 1.54) is 0 Å². The number of hydrogen-bond acceptors (Lipinski definition) is 3. The summed E-state index contributed by atoms with van der Waals surface area (Å²) >= 11 is 0. The highest BCUT2D eigenvalue weighted by Crippen LogP contribution is 2.26. The molecule has 0 spiro atoms. The van der Waals surface area contributed by atoms with Gasteiger partial charge in [-0.25, -0.2) is 0 Å². The topological polar surface area (TPSA) is 78.9 Å². The minimum Gasteiger partial charge on any atom is -0.409 e. The van der Waals surface area contributed by atoms with Gasteiger partial charge in [-0.1, -0.05) is 32.3 Å². The number of hydrogen-bond donors (Lipinski definition) is 2. The van der Waals surface area contributed by atoms with Crippen LogP contribution >= 0.6 is 0 Å². The van der Waals surface area contributed by atoms with Gasteiger partial charge >= 0.3 is 0 Å². The molecule has 0 aromatic rings. The quantitative estimate of drug-likeness (QED) is 0.308. The van der Waals surface area contributed by atoms with Gasteiger partial charge in [-0.3, -0.25) is 4.79 Å². The Kier molecular flexibility index (Phi) is 7.49. The first-order valence-electron chi connectivity index (χ1n) is 7.17. The third kappa shape index (κ3) is 4.11. The molecular formula is C14H29N3O2. The van der Waals surface area contributed by atoms with Crippen LogP contribution in [0.2, 0.25) is 0 Å². The number of carbonyl (C=O) groups is 1. The van der Waals surface area contributed by atoms with E-state index in [-0.39, 0.29) is 17.8 Å². The van der Waals surface area contributed by atoms with Crippen molar-refractivity contribution in [3.8, 4) is 0 Å². The van der Waals surface area contributed by atoms with Crippen molar-refractivity contribution < 1.29 is 10.0 Å². The lowest BCUT2D eigenvalue weighted by atomic mass is 9.84. The van der Waals surface area contributed by atoms with E-state index in [0.29, 0.717) is 6.42 Å². The van der Waals surface area contributed by atoms with Crippen molar-refractivity contribution >= 4 is 11.7 Å². The Balaban J connectivity index is 5.25. The highest BCUT2D eigenvalue weighted by Gasteiger charge is 2.40. The molecule has 0 aliphatic heterocycles. The van der Waals surface area contributed by atoms with Gasteiger partial charge in [0, 0.05) is 12.6 Å². The predicted octanol–water partition coefficient (Wildman–Crippen LogP) is 2.58. The number of amidine groups is 1. The molecule has 0 heterocycles. The first-order valence-corrected chi connectivity index (χ1v) is 7.17. The average Bonchev–Trinajstić information content (AvgIpc) is 2.44. The second kappa shape index (κ2) is 8.02. The highest BCUT2D eigenvalue weighted by atomic mass is 16.4. The van der Waals surface area contributed by atoms with Crippen molar-refractivity contribution in [2.45, 2.75) is 66.3 Å². The summed E-state index contributed by atoms with van der Waals surface area (Å²) in [4.78, 5) is 14.6. The molecule has 1 amide bonds. The number of carbonyl (C=O) groups excluding carboxylic acids is 1. The Bertz CT molecular complexity index is 318. The summed E-state index contributed by atoms with van der Waals surface area (Å²) in [6.45, 7) is 10.5. The van der Waals surface area contributed by atoms with Gasteiger partial charge in [0.15, 0.2) is 5.84 Å². The van der Waals surface area contributed by atoms with Crippen molar-refractivity contribution in [3.63, 3.8) is 0 Å². The second-order valence-electron chi connectivity index (χ2n) is 5.28. The fourth-order valence-corrected chi connectivity index (χ4v) is 1.94. The van der Waals surface area contributed by atoms with E-state index in [2.05, 4.69) is 19.0 Å². The molecule has 0 aromatic carbocycles. The standard InChI is InChI=1S/C14H29N3O2/c1-6-9-10-17(11(4)7-2)13(18)14(5,8-3)12(15)16-19/h11,19H,6-10H2,1-5H3,(H2,15,16). The highest BCUT2D eigenvalue weighted by molar-refractivity contribution is 6.06. The molecule has 0 saturated heterocycles. The largest absolute Gasteiger partial charge is 0.409 e. The van der Waals surface area contributed by atoms with E-state index in [0.717, 1.165) is 25.8 Å². The van der Waals surface area contributed by atoms with Crippen molar-refractivity contribution in [2.24, 2.45) is 16.3 Å². The number of oxime groups is 1. The Morgan fingerprint density at radius 3 is 2.37 bits per heavy atom. The molecule has 19 heavy (non-hydrogen) atoms. The molecule has 0 saturated carbocycles. The minimum atomic E-state index is -0.925. The van der Waals surface area contributed by atoms with Crippen LogP contribution in [0.15, 0.2) is 5.16 Å². The monoisotopic (exact) mass is 271 g/mol. The van der Waals surface area contributed by atoms with Crippen LogP contribution in [0, 0.1) is 5.41 Å². The van der Waals surface area contributed by atoms with E-state index >= 15 is 0 Å². The molecule has 0 rings (SSSR count). The van der Waals surface area contributed by atoms with Crippen molar-refractivity contribution in [1.82, 2.24) is 4.90 Å². The van der Waals surface area contributed by atoms with E-state index < -0.39 is 5.41 Å². The lowest BCUT2D eigenvalue weighted by Gasteiger charge is -2.36. The Hall–Kier alpha value is -1.26. The maximum Gasteiger partial charge on any atom is 0.236 e. The fourth-order valence-electron chi connectivity index (χ4n) is 1.94. The molecule has 0 radical (unpaired) electrons. The summed E-state index contributed by atoms with van der Waals surface area (Å²) in [7, 11) is 0. The van der Waals surface area contributed by atoms with Gasteiger partial charge in [-0.15, -0.1) is 0 Å². The summed E-state index contributed by atoms with van der Waals surface area (Å²) < 4.78 is 0. The van der Waals surface area contributed by atoms with Crippen LogP contribution in [0.25, 0.3) is 0 Å². The van der Waals surface area contributed by atoms with Gasteiger partial charge in [-0.2, -0.15) is 0 Å². The van der Waals surface area contributed by atoms with Crippen molar-refractivity contribution in [1.29, 1.82) is 0 Å². The molecule has 112 valence electrons. The molecule has 0 fully saturated rings. The SMILES string of the molecule is CCCCN(C(=O)C(C)(CC)C(N)=NO)C(C)CC. The zero-order valence-corrected chi connectivity index (χ0v) is 12.9. The molecule has 3 N–H and O–H groups in total. The molecule has 2 unspecified atom stereocenters. The third-order valence-corrected chi connectivity index (χ3v) is 3.99. The van der Waals surface area contributed by atoms with Crippen LogP contribution in [0.3, 0.4) is 0 Å². The average molecular weight is 271 g/mol. The smallest absolute Gasteiger partial charge is 0.236 e. The summed E-state index contributed by atoms with van der Waals surface area (Å²) in [6.07, 6.45) is 3.41. The molecule has 5 heteroatoms. The molecule has 2 atom stereocenters. The summed E-state index contributed by atoms with van der Waals surface area (Å²) in [5.74, 6) is -0.0575. The van der Waals surface area contributed by atoms with Crippen LogP contribution in [0.5, 0.6) is 0 Å². The van der Waals surface area contributed by atoms with Gasteiger partial charge in [-0.05, 0) is 33.1 Å². The zero-order valence-electron chi connectivity index (χ0n) is 12.9. The molecule has 0 aromatic heterocycles. The van der Waals surface area contributed by atoms with E-state index in [4.69, 9.17) is 10.9 Å². The normalized spacial score (nSPS) is 16.8. The van der Waals surface area contributed by atoms with Crippen LogP contribution in [-0.2, 0) is 4.79 Å². The lowest BCUT2D eigenvalue weighted by Crippen LogP contribution is -2.52. The van der Waals surface area contributed by atoms with Gasteiger partial charge in [0.1, 0.15) is 5.41 Å². The number of unbranched alkanes of at least 4 members (excludes halogenated alkanes) is 1. The summed E-state index contributed by atoms with van der Waals surface area (Å²) in [5, 5.41) is 11.9. The first-order chi connectivity index (χ1) is 8.88. The summed E-state index contributed by atoms with van der Waals surface area (Å²) in [6, 6.07) is 0.163. The van der Waals surface area contributed by atoms with Gasteiger partial charge < -0.3 is 15.8 Å². The lowest BCUT2D eigenvalue weighted by molar-refractivity contribution is -0.140. The fraction of sp³-hybridized carbons (Fsp3) is 0.857. The van der Waals surface area contributed by atoms with E-state index in [9.17, 15) is 4.79 Å². The van der Waals surface area contributed by atoms with Crippen LogP contribution < -0.4 is 5.73 Å². The minimum absolute atomic E-state index is 0.00944. The maximum absolute atomic E-state index is 12.8. The van der Waals surface area contributed by atoms with Crippen molar-refractivity contribution in [2.75, 3.05) is 6.54 Å². The molecule has 5 nitrogen and oxygen atoms in total. The number of nitrogens with two attached hydrogens (primary N) is 1. The predicted molar refractivity (Wildman–Crippen MR) is 78.2 cm³/mol. The van der Waals surface area contributed by atoms with E-state index in [1.54, 1.807) is 6.92 Å². The summed E-state index contributed by atoms with van der Waals surface area (Å²) in [5.41, 5.74) is 4.80. The molecule has 0 bridgehead atoms. The number of nitrogens with zero attached hydrogens (tertiary/aromatic N) is 2. The number of rotatable bonds is 8. The first kappa shape index (κ1) is 17.7. The third-order valence-electron chi connectivity index (χ3n) is 3.99. The molecular weight excluding hydrogens is 242 g/mol. The van der Waals surface area contributed by atoms with Crippen LogP contribution in [0.4, 0.5) is 0 Å². The maximum atomic E-state index is 12.8. The van der Waals surface area contributed by atoms with Gasteiger partial charge in [0.2, 0.25) is 5.91 Å². The van der Waals surface area contributed by atoms with Gasteiger partial charge in [0.05, 0.1) is 0 Å². The van der Waals surface area contributed by atoms with Crippen LogP contribution in [0.1, 0.15) is 60.3 Å². The zero-order chi connectivity index (χ0) is 15.1. The Labute approximate surface area is 116 Å². The second-order valence-corrected chi connectivity index (χ2v) is 5.28.